The first kappa shape index (κ1) is 16.3. The van der Waals surface area contributed by atoms with E-state index in [1.807, 2.05) is 6.20 Å². The van der Waals surface area contributed by atoms with E-state index in [-0.39, 0.29) is 0 Å². The van der Waals surface area contributed by atoms with Crippen LogP contribution in [0.2, 0.25) is 0 Å². The highest BCUT2D eigenvalue weighted by Crippen LogP contribution is 2.40. The van der Waals surface area contributed by atoms with Gasteiger partial charge in [0.15, 0.2) is 0 Å². The highest BCUT2D eigenvalue weighted by atomic mass is 16.5. The van der Waals surface area contributed by atoms with Gasteiger partial charge in [-0.25, -0.2) is 0 Å². The van der Waals surface area contributed by atoms with Gasteiger partial charge in [0.1, 0.15) is 5.75 Å². The SMILES string of the molecule is COc1cncc(C2CC(C)CCC2CNCC(C)C)c1. The molecule has 118 valence electrons. The Morgan fingerprint density at radius 2 is 2.14 bits per heavy atom. The fourth-order valence-electron chi connectivity index (χ4n) is 3.40. The molecule has 1 aliphatic rings. The van der Waals surface area contributed by atoms with Crippen LogP contribution in [0.25, 0.3) is 0 Å². The molecule has 3 nitrogen and oxygen atoms in total. The summed E-state index contributed by atoms with van der Waals surface area (Å²) in [6.45, 7) is 9.12. The van der Waals surface area contributed by atoms with Gasteiger partial charge in [-0.1, -0.05) is 27.2 Å². The van der Waals surface area contributed by atoms with Crippen LogP contribution in [0.1, 0.15) is 51.5 Å². The molecule has 0 aliphatic heterocycles. The van der Waals surface area contributed by atoms with Crippen molar-refractivity contribution in [2.45, 2.75) is 46.0 Å². The maximum atomic E-state index is 5.34. The molecule has 0 aromatic carbocycles. The lowest BCUT2D eigenvalue weighted by atomic mass is 9.72. The molecule has 0 bridgehead atoms. The topological polar surface area (TPSA) is 34.1 Å². The standard InChI is InChI=1S/C18H30N2O/c1-13(2)9-19-10-15-6-5-14(3)7-18(15)16-8-17(21-4)12-20-11-16/h8,11-15,18-19H,5-7,9-10H2,1-4H3. The second-order valence-corrected chi connectivity index (χ2v) is 6.99. The summed E-state index contributed by atoms with van der Waals surface area (Å²) in [6.07, 6.45) is 7.75. The van der Waals surface area contributed by atoms with Crippen molar-refractivity contribution in [3.63, 3.8) is 0 Å². The molecule has 0 radical (unpaired) electrons. The third-order valence-electron chi connectivity index (χ3n) is 4.61. The third-order valence-corrected chi connectivity index (χ3v) is 4.61. The fourth-order valence-corrected chi connectivity index (χ4v) is 3.40. The average Bonchev–Trinajstić information content (AvgIpc) is 2.48. The lowest BCUT2D eigenvalue weighted by Gasteiger charge is -2.35. The number of methoxy groups -OCH3 is 1. The van der Waals surface area contributed by atoms with Gasteiger partial charge < -0.3 is 10.1 Å². The van der Waals surface area contributed by atoms with E-state index < -0.39 is 0 Å². The predicted molar refractivity (Wildman–Crippen MR) is 87.7 cm³/mol. The maximum Gasteiger partial charge on any atom is 0.137 e. The molecule has 2 rings (SSSR count). The predicted octanol–water partition coefficient (Wildman–Crippen LogP) is 3.86. The normalized spacial score (nSPS) is 26.0. The van der Waals surface area contributed by atoms with Crippen LogP contribution < -0.4 is 10.1 Å². The number of nitrogens with zero attached hydrogens (tertiary/aromatic N) is 1. The van der Waals surface area contributed by atoms with Gasteiger partial charge in [0, 0.05) is 6.20 Å². The second kappa shape index (κ2) is 7.79. The van der Waals surface area contributed by atoms with E-state index >= 15 is 0 Å². The molecule has 3 unspecified atom stereocenters. The van der Waals surface area contributed by atoms with Crippen molar-refractivity contribution < 1.29 is 4.74 Å². The maximum absolute atomic E-state index is 5.34. The minimum absolute atomic E-state index is 0.607. The monoisotopic (exact) mass is 290 g/mol. The average molecular weight is 290 g/mol. The molecule has 21 heavy (non-hydrogen) atoms. The van der Waals surface area contributed by atoms with Crippen molar-refractivity contribution in [1.82, 2.24) is 10.3 Å². The minimum Gasteiger partial charge on any atom is -0.495 e. The van der Waals surface area contributed by atoms with E-state index in [9.17, 15) is 0 Å². The van der Waals surface area contributed by atoms with Crippen LogP contribution in [0.3, 0.4) is 0 Å². The first-order valence-corrected chi connectivity index (χ1v) is 8.29. The van der Waals surface area contributed by atoms with E-state index in [0.29, 0.717) is 17.8 Å². The first-order chi connectivity index (χ1) is 10.1. The molecule has 1 aromatic heterocycles. The molecule has 1 aromatic rings. The summed E-state index contributed by atoms with van der Waals surface area (Å²) in [5.41, 5.74) is 1.34. The molecule has 0 amide bonds. The summed E-state index contributed by atoms with van der Waals surface area (Å²) in [5, 5.41) is 3.65. The number of hydrogen-bond donors (Lipinski definition) is 1. The smallest absolute Gasteiger partial charge is 0.137 e. The van der Waals surface area contributed by atoms with Gasteiger partial charge in [-0.15, -0.1) is 0 Å². The van der Waals surface area contributed by atoms with Crippen LogP contribution in [0.5, 0.6) is 5.75 Å². The van der Waals surface area contributed by atoms with Crippen LogP contribution >= 0.6 is 0 Å². The molecule has 0 saturated heterocycles. The van der Waals surface area contributed by atoms with Gasteiger partial charge >= 0.3 is 0 Å². The molecule has 3 atom stereocenters. The van der Waals surface area contributed by atoms with Crippen molar-refractivity contribution >= 4 is 0 Å². The lowest BCUT2D eigenvalue weighted by Crippen LogP contribution is -2.33. The van der Waals surface area contributed by atoms with Gasteiger partial charge in [-0.2, -0.15) is 0 Å². The molecule has 1 aliphatic carbocycles. The van der Waals surface area contributed by atoms with Crippen molar-refractivity contribution in [2.24, 2.45) is 17.8 Å². The quantitative estimate of drug-likeness (QED) is 0.864. The Balaban J connectivity index is 2.06. The fraction of sp³-hybridized carbons (Fsp3) is 0.722. The molecular formula is C18H30N2O. The van der Waals surface area contributed by atoms with E-state index in [4.69, 9.17) is 4.74 Å². The molecular weight excluding hydrogens is 260 g/mol. The molecule has 1 N–H and O–H groups in total. The van der Waals surface area contributed by atoms with Crippen molar-refractivity contribution in [3.8, 4) is 5.75 Å². The number of hydrogen-bond acceptors (Lipinski definition) is 3. The summed E-state index contributed by atoms with van der Waals surface area (Å²) in [7, 11) is 1.71. The number of nitrogens with one attached hydrogen (secondary N) is 1. The van der Waals surface area contributed by atoms with Gasteiger partial charge in [-0.05, 0) is 61.2 Å². The van der Waals surface area contributed by atoms with Crippen molar-refractivity contribution in [2.75, 3.05) is 20.2 Å². The van der Waals surface area contributed by atoms with E-state index in [2.05, 4.69) is 37.1 Å². The molecule has 1 heterocycles. The van der Waals surface area contributed by atoms with Gasteiger partial charge in [0.2, 0.25) is 0 Å². The van der Waals surface area contributed by atoms with Gasteiger partial charge in [0.05, 0.1) is 13.3 Å². The van der Waals surface area contributed by atoms with E-state index in [0.717, 1.165) is 24.8 Å². The number of rotatable bonds is 6. The Morgan fingerprint density at radius 1 is 1.33 bits per heavy atom. The van der Waals surface area contributed by atoms with Crippen LogP contribution in [-0.4, -0.2) is 25.2 Å². The van der Waals surface area contributed by atoms with Crippen LogP contribution in [0, 0.1) is 17.8 Å². The lowest BCUT2D eigenvalue weighted by molar-refractivity contribution is 0.239. The zero-order valence-electron chi connectivity index (χ0n) is 13.9. The van der Waals surface area contributed by atoms with Crippen molar-refractivity contribution in [3.05, 3.63) is 24.0 Å². The summed E-state index contributed by atoms with van der Waals surface area (Å²) in [4.78, 5) is 4.35. The number of aromatic nitrogens is 1. The van der Waals surface area contributed by atoms with E-state index in [1.54, 1.807) is 13.3 Å². The summed E-state index contributed by atoms with van der Waals surface area (Å²) >= 11 is 0. The van der Waals surface area contributed by atoms with Crippen LogP contribution in [-0.2, 0) is 0 Å². The Kier molecular flexibility index (Phi) is 6.04. The van der Waals surface area contributed by atoms with E-state index in [1.165, 1.54) is 24.8 Å². The number of ether oxygens (including phenoxy) is 1. The molecule has 0 spiro atoms. The summed E-state index contributed by atoms with van der Waals surface area (Å²) < 4.78 is 5.34. The Bertz CT molecular complexity index is 433. The highest BCUT2D eigenvalue weighted by Gasteiger charge is 2.30. The Hall–Kier alpha value is -1.09. The second-order valence-electron chi connectivity index (χ2n) is 6.99. The highest BCUT2D eigenvalue weighted by molar-refractivity contribution is 5.27. The zero-order chi connectivity index (χ0) is 15.2. The van der Waals surface area contributed by atoms with Crippen LogP contribution in [0.15, 0.2) is 18.5 Å². The molecule has 3 heteroatoms. The minimum atomic E-state index is 0.607. The molecule has 1 fully saturated rings. The van der Waals surface area contributed by atoms with Crippen molar-refractivity contribution in [1.29, 1.82) is 0 Å². The van der Waals surface area contributed by atoms with Gasteiger partial charge in [-0.3, -0.25) is 4.98 Å². The van der Waals surface area contributed by atoms with Crippen LogP contribution in [0.4, 0.5) is 0 Å². The van der Waals surface area contributed by atoms with Gasteiger partial charge in [0.25, 0.3) is 0 Å². The Morgan fingerprint density at radius 3 is 2.86 bits per heavy atom. The first-order valence-electron chi connectivity index (χ1n) is 8.29. The largest absolute Gasteiger partial charge is 0.495 e. The number of pyridine rings is 1. The summed E-state index contributed by atoms with van der Waals surface area (Å²) in [5.74, 6) is 3.72. The summed E-state index contributed by atoms with van der Waals surface area (Å²) in [6, 6.07) is 2.17. The zero-order valence-corrected chi connectivity index (χ0v) is 13.9. The Labute approximate surface area is 129 Å². The third kappa shape index (κ3) is 4.70. The molecule has 1 saturated carbocycles.